The van der Waals surface area contributed by atoms with E-state index in [0.717, 1.165) is 32.2 Å². The summed E-state index contributed by atoms with van der Waals surface area (Å²) >= 11 is 0. The summed E-state index contributed by atoms with van der Waals surface area (Å²) in [5, 5.41) is 0. The molecule has 1 aromatic carbocycles. The van der Waals surface area contributed by atoms with Crippen molar-refractivity contribution in [3.8, 4) is 0 Å². The quantitative estimate of drug-likeness (QED) is 0.894. The highest BCUT2D eigenvalue weighted by Crippen LogP contribution is 2.22. The van der Waals surface area contributed by atoms with Gasteiger partial charge >= 0.3 is 0 Å². The van der Waals surface area contributed by atoms with Crippen molar-refractivity contribution < 1.29 is 13.5 Å². The second kappa shape index (κ2) is 6.22. The summed E-state index contributed by atoms with van der Waals surface area (Å²) in [4.78, 5) is 2.13. The van der Waals surface area contributed by atoms with Gasteiger partial charge in [-0.2, -0.15) is 0 Å². The zero-order valence-electron chi connectivity index (χ0n) is 10.2. The molecular weight excluding hydrogens is 238 g/mol. The normalized spacial score (nSPS) is 19.5. The number of halogens is 2. The molecule has 1 saturated heterocycles. The summed E-state index contributed by atoms with van der Waals surface area (Å²) in [5.74, 6) is -1.12. The van der Waals surface area contributed by atoms with Crippen LogP contribution in [-0.2, 0) is 4.74 Å². The lowest BCUT2D eigenvalue weighted by atomic mass is 10.0. The summed E-state index contributed by atoms with van der Waals surface area (Å²) in [5.41, 5.74) is 6.35. The first kappa shape index (κ1) is 13.4. The first-order valence-corrected chi connectivity index (χ1v) is 6.18. The smallest absolute Gasteiger partial charge is 0.126 e. The average Bonchev–Trinajstić information content (AvgIpc) is 2.58. The van der Waals surface area contributed by atoms with Crippen LogP contribution in [0.15, 0.2) is 18.2 Å². The number of rotatable bonds is 3. The molecule has 1 aromatic rings. The fourth-order valence-electron chi connectivity index (χ4n) is 2.34. The highest BCUT2D eigenvalue weighted by Gasteiger charge is 2.21. The van der Waals surface area contributed by atoms with Gasteiger partial charge in [-0.25, -0.2) is 8.78 Å². The van der Waals surface area contributed by atoms with Crippen molar-refractivity contribution in [2.75, 3.05) is 32.8 Å². The standard InChI is InChI=1S/C13H18F2N2O/c14-11-6-10(7-12(15)8-11)13(9-16)17-2-1-4-18-5-3-17/h6-8,13H,1-5,9,16H2. The van der Waals surface area contributed by atoms with Gasteiger partial charge in [-0.3, -0.25) is 4.90 Å². The van der Waals surface area contributed by atoms with Gasteiger partial charge in [-0.15, -0.1) is 0 Å². The molecule has 18 heavy (non-hydrogen) atoms. The molecule has 0 aromatic heterocycles. The predicted octanol–water partition coefficient (Wildman–Crippen LogP) is 1.69. The molecule has 1 aliphatic heterocycles. The number of ether oxygens (including phenoxy) is 1. The summed E-state index contributed by atoms with van der Waals surface area (Å²) in [6, 6.07) is 3.43. The molecule has 0 amide bonds. The van der Waals surface area contributed by atoms with Crippen molar-refractivity contribution in [3.63, 3.8) is 0 Å². The molecule has 100 valence electrons. The molecule has 0 spiro atoms. The Kier molecular flexibility index (Phi) is 4.63. The van der Waals surface area contributed by atoms with E-state index < -0.39 is 11.6 Å². The largest absolute Gasteiger partial charge is 0.380 e. The fourth-order valence-corrected chi connectivity index (χ4v) is 2.34. The summed E-state index contributed by atoms with van der Waals surface area (Å²) in [6.45, 7) is 3.27. The van der Waals surface area contributed by atoms with Gasteiger partial charge in [-0.1, -0.05) is 0 Å². The number of nitrogens with two attached hydrogens (primary N) is 1. The number of hydrogen-bond acceptors (Lipinski definition) is 3. The van der Waals surface area contributed by atoms with Crippen molar-refractivity contribution in [1.82, 2.24) is 4.90 Å². The molecule has 0 saturated carbocycles. The van der Waals surface area contributed by atoms with Gasteiger partial charge in [0.2, 0.25) is 0 Å². The van der Waals surface area contributed by atoms with E-state index in [1.165, 1.54) is 12.1 Å². The van der Waals surface area contributed by atoms with Gasteiger partial charge in [0.05, 0.1) is 6.61 Å². The molecule has 0 bridgehead atoms. The van der Waals surface area contributed by atoms with Crippen LogP contribution in [0.5, 0.6) is 0 Å². The van der Waals surface area contributed by atoms with Crippen LogP contribution in [0.1, 0.15) is 18.0 Å². The molecule has 3 nitrogen and oxygen atoms in total. The molecule has 0 aliphatic carbocycles. The van der Waals surface area contributed by atoms with Crippen LogP contribution in [0.4, 0.5) is 8.78 Å². The van der Waals surface area contributed by atoms with E-state index in [9.17, 15) is 8.78 Å². The first-order chi connectivity index (χ1) is 8.70. The van der Waals surface area contributed by atoms with E-state index in [4.69, 9.17) is 10.5 Å². The Bertz CT molecular complexity index is 372. The zero-order valence-corrected chi connectivity index (χ0v) is 10.2. The average molecular weight is 256 g/mol. The van der Waals surface area contributed by atoms with E-state index >= 15 is 0 Å². The highest BCUT2D eigenvalue weighted by atomic mass is 19.1. The molecule has 1 heterocycles. The highest BCUT2D eigenvalue weighted by molar-refractivity contribution is 5.22. The van der Waals surface area contributed by atoms with Crippen molar-refractivity contribution in [3.05, 3.63) is 35.4 Å². The van der Waals surface area contributed by atoms with E-state index in [2.05, 4.69) is 4.90 Å². The first-order valence-electron chi connectivity index (χ1n) is 6.18. The molecule has 1 atom stereocenters. The van der Waals surface area contributed by atoms with E-state index in [1.54, 1.807) is 0 Å². The molecule has 1 aliphatic rings. The monoisotopic (exact) mass is 256 g/mol. The molecule has 0 radical (unpaired) electrons. The summed E-state index contributed by atoms with van der Waals surface area (Å²) in [7, 11) is 0. The third kappa shape index (κ3) is 3.25. The number of benzene rings is 1. The lowest BCUT2D eigenvalue weighted by molar-refractivity contribution is 0.132. The Morgan fingerprint density at radius 2 is 1.89 bits per heavy atom. The van der Waals surface area contributed by atoms with Gasteiger partial charge in [-0.05, 0) is 24.1 Å². The van der Waals surface area contributed by atoms with Gasteiger partial charge < -0.3 is 10.5 Å². The Hall–Kier alpha value is -1.04. The summed E-state index contributed by atoms with van der Waals surface area (Å²) in [6.07, 6.45) is 0.911. The number of hydrogen-bond donors (Lipinski definition) is 1. The van der Waals surface area contributed by atoms with Gasteiger partial charge in [0, 0.05) is 38.3 Å². The topological polar surface area (TPSA) is 38.5 Å². The van der Waals surface area contributed by atoms with Crippen LogP contribution in [0, 0.1) is 11.6 Å². The zero-order chi connectivity index (χ0) is 13.0. The van der Waals surface area contributed by atoms with Gasteiger partial charge in [0.1, 0.15) is 11.6 Å². The lowest BCUT2D eigenvalue weighted by Gasteiger charge is -2.29. The molecule has 5 heteroatoms. The minimum atomic E-state index is -0.561. The molecule has 2 N–H and O–H groups in total. The minimum Gasteiger partial charge on any atom is -0.380 e. The number of nitrogens with zero attached hydrogens (tertiary/aromatic N) is 1. The Morgan fingerprint density at radius 1 is 1.17 bits per heavy atom. The van der Waals surface area contributed by atoms with Crippen LogP contribution in [0.2, 0.25) is 0 Å². The van der Waals surface area contributed by atoms with Crippen molar-refractivity contribution in [2.45, 2.75) is 12.5 Å². The second-order valence-electron chi connectivity index (χ2n) is 4.46. The lowest BCUT2D eigenvalue weighted by Crippen LogP contribution is -2.35. The third-order valence-corrected chi connectivity index (χ3v) is 3.19. The molecule has 1 fully saturated rings. The SMILES string of the molecule is NCC(c1cc(F)cc(F)c1)N1CCCOCC1. The van der Waals surface area contributed by atoms with Gasteiger partial charge in [0.15, 0.2) is 0 Å². The Morgan fingerprint density at radius 3 is 2.56 bits per heavy atom. The maximum Gasteiger partial charge on any atom is 0.126 e. The van der Waals surface area contributed by atoms with Crippen molar-refractivity contribution in [1.29, 1.82) is 0 Å². The maximum absolute atomic E-state index is 13.2. The van der Waals surface area contributed by atoms with Crippen molar-refractivity contribution >= 4 is 0 Å². The minimum absolute atomic E-state index is 0.156. The van der Waals surface area contributed by atoms with E-state index in [-0.39, 0.29) is 6.04 Å². The summed E-state index contributed by atoms with van der Waals surface area (Å²) < 4.78 is 31.9. The van der Waals surface area contributed by atoms with Crippen LogP contribution in [-0.4, -0.2) is 37.7 Å². The molecule has 1 unspecified atom stereocenters. The van der Waals surface area contributed by atoms with E-state index in [0.29, 0.717) is 18.7 Å². The third-order valence-electron chi connectivity index (χ3n) is 3.19. The Labute approximate surface area is 106 Å². The van der Waals surface area contributed by atoms with Crippen LogP contribution in [0.3, 0.4) is 0 Å². The van der Waals surface area contributed by atoms with Crippen molar-refractivity contribution in [2.24, 2.45) is 5.73 Å². The maximum atomic E-state index is 13.2. The Balaban J connectivity index is 2.20. The van der Waals surface area contributed by atoms with Crippen LogP contribution < -0.4 is 5.73 Å². The fraction of sp³-hybridized carbons (Fsp3) is 0.538. The molecule has 2 rings (SSSR count). The molecular formula is C13H18F2N2O. The van der Waals surface area contributed by atoms with E-state index in [1.807, 2.05) is 0 Å². The van der Waals surface area contributed by atoms with Crippen LogP contribution >= 0.6 is 0 Å². The van der Waals surface area contributed by atoms with Gasteiger partial charge in [0.25, 0.3) is 0 Å². The predicted molar refractivity (Wildman–Crippen MR) is 65.2 cm³/mol. The second-order valence-corrected chi connectivity index (χ2v) is 4.46. The van der Waals surface area contributed by atoms with Crippen LogP contribution in [0.25, 0.3) is 0 Å².